The first-order valence-electron chi connectivity index (χ1n) is 8.15. The minimum absolute atomic E-state index is 0.0864. The molecule has 1 heterocycles. The van der Waals surface area contributed by atoms with Crippen LogP contribution in [0.2, 0.25) is 0 Å². The van der Waals surface area contributed by atoms with Crippen molar-refractivity contribution >= 4 is 27.3 Å². The van der Waals surface area contributed by atoms with Crippen molar-refractivity contribution in [3.63, 3.8) is 0 Å². The Labute approximate surface area is 152 Å². The number of rotatable bonds is 3. The zero-order valence-electron chi connectivity index (χ0n) is 14.6. The maximum Gasteiger partial charge on any atom is 0.313 e. The molecule has 1 saturated heterocycles. The van der Waals surface area contributed by atoms with E-state index in [1.165, 1.54) is 23.1 Å². The predicted molar refractivity (Wildman–Crippen MR) is 98.6 cm³/mol. The van der Waals surface area contributed by atoms with E-state index in [-0.39, 0.29) is 16.0 Å². The van der Waals surface area contributed by atoms with Crippen molar-refractivity contribution in [1.29, 1.82) is 0 Å². The molecule has 0 unspecified atom stereocenters. The Bertz CT molecular complexity index is 949. The number of carbonyl (C=O) groups excluding carboxylic acids is 2. The molecule has 0 bridgehead atoms. The molecule has 0 spiro atoms. The summed E-state index contributed by atoms with van der Waals surface area (Å²) in [6.07, 6.45) is 1.09. The Morgan fingerprint density at radius 1 is 1.04 bits per heavy atom. The zero-order valence-corrected chi connectivity index (χ0v) is 15.4. The van der Waals surface area contributed by atoms with Crippen molar-refractivity contribution in [2.24, 2.45) is 0 Å². The number of likely N-dealkylation sites (tertiary alicyclic amines) is 1. The molecule has 1 N–H and O–H groups in total. The molecule has 0 radical (unpaired) electrons. The molecule has 6 nitrogen and oxygen atoms in total. The largest absolute Gasteiger partial charge is 0.333 e. The minimum atomic E-state index is -3.38. The van der Waals surface area contributed by atoms with Crippen LogP contribution < -0.4 is 5.32 Å². The number of hydrogen-bond donors (Lipinski definition) is 1. The number of amides is 2. The average molecular weight is 372 g/mol. The van der Waals surface area contributed by atoms with Crippen molar-refractivity contribution in [2.45, 2.75) is 17.2 Å². The van der Waals surface area contributed by atoms with Crippen LogP contribution in [0.4, 0.5) is 5.69 Å². The van der Waals surface area contributed by atoms with Crippen molar-refractivity contribution < 1.29 is 18.0 Å². The molecule has 7 heteroatoms. The Morgan fingerprint density at radius 3 is 2.31 bits per heavy atom. The topological polar surface area (TPSA) is 83.6 Å². The van der Waals surface area contributed by atoms with E-state index in [2.05, 4.69) is 12.2 Å². The third-order valence-electron chi connectivity index (χ3n) is 4.55. The van der Waals surface area contributed by atoms with Crippen LogP contribution in [0.25, 0.3) is 0 Å². The summed E-state index contributed by atoms with van der Waals surface area (Å²) >= 11 is 0. The molecular formula is C19H20N2O4S. The van der Waals surface area contributed by atoms with Gasteiger partial charge in [-0.1, -0.05) is 43.3 Å². The summed E-state index contributed by atoms with van der Waals surface area (Å²) in [4.78, 5) is 26.1. The number of sulfone groups is 1. The fourth-order valence-electron chi connectivity index (χ4n) is 3.10. The molecule has 2 aromatic rings. The van der Waals surface area contributed by atoms with Crippen LogP contribution in [0.15, 0.2) is 59.5 Å². The van der Waals surface area contributed by atoms with Gasteiger partial charge < -0.3 is 10.2 Å². The van der Waals surface area contributed by atoms with Crippen molar-refractivity contribution in [3.8, 4) is 0 Å². The van der Waals surface area contributed by atoms with Crippen LogP contribution >= 0.6 is 0 Å². The first-order valence-corrected chi connectivity index (χ1v) is 10.0. The van der Waals surface area contributed by atoms with Crippen LogP contribution in [-0.4, -0.2) is 44.5 Å². The molecule has 0 saturated carbocycles. The highest BCUT2D eigenvalue weighted by Crippen LogP contribution is 2.34. The SMILES string of the molecule is CC1(c2ccccc2)CN(C(=O)C(=O)Nc2cccc(S(C)(=O)=O)c2)C1. The van der Waals surface area contributed by atoms with Gasteiger partial charge in [0.15, 0.2) is 9.84 Å². The third kappa shape index (κ3) is 3.62. The number of carbonyl (C=O) groups is 2. The smallest absolute Gasteiger partial charge is 0.313 e. The second kappa shape index (κ2) is 6.57. The molecule has 136 valence electrons. The summed E-state index contributed by atoms with van der Waals surface area (Å²) in [7, 11) is -3.38. The summed E-state index contributed by atoms with van der Waals surface area (Å²) in [5, 5.41) is 2.48. The van der Waals surface area contributed by atoms with Crippen LogP contribution in [0.5, 0.6) is 0 Å². The first kappa shape index (κ1) is 18.1. The molecule has 2 amide bonds. The number of nitrogens with one attached hydrogen (secondary N) is 1. The Balaban J connectivity index is 1.64. The molecule has 0 aliphatic carbocycles. The van der Waals surface area contributed by atoms with Gasteiger partial charge in [0, 0.05) is 30.4 Å². The van der Waals surface area contributed by atoms with E-state index in [1.54, 1.807) is 6.07 Å². The molecule has 3 rings (SSSR count). The van der Waals surface area contributed by atoms with E-state index in [0.29, 0.717) is 13.1 Å². The van der Waals surface area contributed by atoms with Crippen molar-refractivity contribution in [3.05, 3.63) is 60.2 Å². The van der Waals surface area contributed by atoms with Gasteiger partial charge in [-0.3, -0.25) is 9.59 Å². The maximum absolute atomic E-state index is 12.3. The molecule has 1 aliphatic heterocycles. The second-order valence-electron chi connectivity index (χ2n) is 6.84. The van der Waals surface area contributed by atoms with Crippen LogP contribution in [0.3, 0.4) is 0 Å². The number of hydrogen-bond acceptors (Lipinski definition) is 4. The van der Waals surface area contributed by atoms with E-state index in [9.17, 15) is 18.0 Å². The van der Waals surface area contributed by atoms with E-state index in [4.69, 9.17) is 0 Å². The van der Waals surface area contributed by atoms with Gasteiger partial charge in [-0.15, -0.1) is 0 Å². The van der Waals surface area contributed by atoms with Crippen LogP contribution in [0, 0.1) is 0 Å². The van der Waals surface area contributed by atoms with Crippen molar-refractivity contribution in [1.82, 2.24) is 4.90 Å². The Kier molecular flexibility index (Phi) is 4.58. The van der Waals surface area contributed by atoms with E-state index in [1.807, 2.05) is 30.3 Å². The fraction of sp³-hybridized carbons (Fsp3) is 0.263. The standard InChI is InChI=1S/C19H20N2O4S/c1-19(14-7-4-3-5-8-14)12-21(13-19)18(23)17(22)20-15-9-6-10-16(11-15)26(2,24)25/h3-11H,12-13H2,1-2H3,(H,20,22). The molecule has 0 atom stereocenters. The highest BCUT2D eigenvalue weighted by atomic mass is 32.2. The highest BCUT2D eigenvalue weighted by Gasteiger charge is 2.44. The van der Waals surface area contributed by atoms with Gasteiger partial charge in [0.1, 0.15) is 0 Å². The number of nitrogens with zero attached hydrogens (tertiary/aromatic N) is 1. The number of benzene rings is 2. The van der Waals surface area contributed by atoms with Gasteiger partial charge in [0.25, 0.3) is 0 Å². The Hall–Kier alpha value is -2.67. The molecule has 2 aromatic carbocycles. The van der Waals surface area contributed by atoms with E-state index < -0.39 is 21.7 Å². The maximum atomic E-state index is 12.3. The third-order valence-corrected chi connectivity index (χ3v) is 5.66. The molecule has 1 fully saturated rings. The summed E-state index contributed by atoms with van der Waals surface area (Å²) in [5.41, 5.74) is 1.25. The average Bonchev–Trinajstić information content (AvgIpc) is 2.58. The second-order valence-corrected chi connectivity index (χ2v) is 8.86. The summed E-state index contributed by atoms with van der Waals surface area (Å²) in [6.45, 7) is 2.99. The van der Waals surface area contributed by atoms with E-state index >= 15 is 0 Å². The summed E-state index contributed by atoms with van der Waals surface area (Å²) in [6, 6.07) is 15.7. The lowest BCUT2D eigenvalue weighted by atomic mass is 9.75. The lowest BCUT2D eigenvalue weighted by Gasteiger charge is -2.48. The van der Waals surface area contributed by atoms with Gasteiger partial charge in [-0.2, -0.15) is 0 Å². The monoisotopic (exact) mass is 372 g/mol. The molecule has 0 aromatic heterocycles. The van der Waals surface area contributed by atoms with E-state index in [0.717, 1.165) is 11.8 Å². The van der Waals surface area contributed by atoms with Gasteiger partial charge in [0.2, 0.25) is 0 Å². The quantitative estimate of drug-likeness (QED) is 0.833. The lowest BCUT2D eigenvalue weighted by Crippen LogP contribution is -2.61. The zero-order chi connectivity index (χ0) is 18.9. The van der Waals surface area contributed by atoms with Gasteiger partial charge in [-0.05, 0) is 23.8 Å². The van der Waals surface area contributed by atoms with Crippen LogP contribution in [0.1, 0.15) is 12.5 Å². The molecular weight excluding hydrogens is 352 g/mol. The normalized spacial score (nSPS) is 15.8. The fourth-order valence-corrected chi connectivity index (χ4v) is 3.76. The Morgan fingerprint density at radius 2 is 1.69 bits per heavy atom. The molecule has 26 heavy (non-hydrogen) atoms. The van der Waals surface area contributed by atoms with Crippen molar-refractivity contribution in [2.75, 3.05) is 24.7 Å². The predicted octanol–water partition coefficient (Wildman–Crippen LogP) is 1.83. The number of anilines is 1. The first-order chi connectivity index (χ1) is 12.2. The van der Waals surface area contributed by atoms with Gasteiger partial charge >= 0.3 is 11.8 Å². The van der Waals surface area contributed by atoms with Gasteiger partial charge in [-0.25, -0.2) is 8.42 Å². The summed E-state index contributed by atoms with van der Waals surface area (Å²) < 4.78 is 23.2. The van der Waals surface area contributed by atoms with Gasteiger partial charge in [0.05, 0.1) is 4.90 Å². The summed E-state index contributed by atoms with van der Waals surface area (Å²) in [5.74, 6) is -1.39. The minimum Gasteiger partial charge on any atom is -0.333 e. The van der Waals surface area contributed by atoms with Crippen LogP contribution in [-0.2, 0) is 24.8 Å². The highest BCUT2D eigenvalue weighted by molar-refractivity contribution is 7.90. The lowest BCUT2D eigenvalue weighted by molar-refractivity contribution is -0.148. The molecule has 1 aliphatic rings.